The van der Waals surface area contributed by atoms with Gasteiger partial charge in [0.05, 0.1) is 6.04 Å². The molecule has 0 radical (unpaired) electrons. The van der Waals surface area contributed by atoms with E-state index >= 15 is 0 Å². The number of anilines is 1. The maximum absolute atomic E-state index is 13.5. The Morgan fingerprint density at radius 1 is 1.32 bits per heavy atom. The first-order chi connectivity index (χ1) is 9.13. The van der Waals surface area contributed by atoms with Gasteiger partial charge in [0.2, 0.25) is 0 Å². The first-order valence-electron chi connectivity index (χ1n) is 6.33. The van der Waals surface area contributed by atoms with E-state index in [0.717, 1.165) is 23.2 Å². The van der Waals surface area contributed by atoms with E-state index in [1.165, 1.54) is 6.07 Å². The van der Waals surface area contributed by atoms with Crippen LogP contribution in [-0.4, -0.2) is 11.5 Å². The van der Waals surface area contributed by atoms with Gasteiger partial charge >= 0.3 is 0 Å². The van der Waals surface area contributed by atoms with Gasteiger partial charge in [-0.2, -0.15) is 0 Å². The second-order valence-corrected chi connectivity index (χ2v) is 4.47. The zero-order chi connectivity index (χ0) is 13.8. The zero-order valence-electron chi connectivity index (χ0n) is 11.2. The Hall–Kier alpha value is -1.94. The molecular formula is C15H18FN3. The summed E-state index contributed by atoms with van der Waals surface area (Å²) in [5.41, 5.74) is 8.72. The van der Waals surface area contributed by atoms with Crippen LogP contribution in [0.15, 0.2) is 36.5 Å². The lowest BCUT2D eigenvalue weighted by atomic mass is 9.95. The van der Waals surface area contributed by atoms with Crippen LogP contribution in [0.3, 0.4) is 0 Å². The fraction of sp³-hybridized carbons (Fsp3) is 0.267. The van der Waals surface area contributed by atoms with Gasteiger partial charge in [0.1, 0.15) is 11.6 Å². The van der Waals surface area contributed by atoms with Crippen LogP contribution in [-0.2, 0) is 0 Å². The van der Waals surface area contributed by atoms with E-state index in [-0.39, 0.29) is 11.9 Å². The van der Waals surface area contributed by atoms with Gasteiger partial charge in [-0.05, 0) is 42.8 Å². The zero-order valence-corrected chi connectivity index (χ0v) is 11.2. The summed E-state index contributed by atoms with van der Waals surface area (Å²) in [6, 6.07) is 8.41. The van der Waals surface area contributed by atoms with Crippen molar-refractivity contribution < 1.29 is 4.39 Å². The maximum Gasteiger partial charge on any atom is 0.128 e. The molecule has 1 aromatic heterocycles. The lowest BCUT2D eigenvalue weighted by Gasteiger charge is -2.21. The molecule has 2 rings (SSSR count). The van der Waals surface area contributed by atoms with E-state index in [9.17, 15) is 4.39 Å². The third-order valence-electron chi connectivity index (χ3n) is 3.14. The lowest BCUT2D eigenvalue weighted by Crippen LogP contribution is -2.24. The molecule has 0 saturated heterocycles. The van der Waals surface area contributed by atoms with Crippen LogP contribution in [0.5, 0.6) is 0 Å². The average molecular weight is 259 g/mol. The van der Waals surface area contributed by atoms with Crippen LogP contribution in [0, 0.1) is 12.7 Å². The Balaban J connectivity index is 2.51. The van der Waals surface area contributed by atoms with Crippen molar-refractivity contribution in [3.05, 3.63) is 59.0 Å². The van der Waals surface area contributed by atoms with Crippen molar-refractivity contribution >= 4 is 5.82 Å². The van der Waals surface area contributed by atoms with E-state index in [1.54, 1.807) is 18.3 Å². The smallest absolute Gasteiger partial charge is 0.128 e. The molecule has 2 aromatic rings. The summed E-state index contributed by atoms with van der Waals surface area (Å²) < 4.78 is 13.5. The highest BCUT2D eigenvalue weighted by Crippen LogP contribution is 2.28. The second-order valence-electron chi connectivity index (χ2n) is 4.47. The van der Waals surface area contributed by atoms with Crippen LogP contribution >= 0.6 is 0 Å². The Morgan fingerprint density at radius 3 is 2.79 bits per heavy atom. The average Bonchev–Trinajstić information content (AvgIpc) is 2.40. The summed E-state index contributed by atoms with van der Waals surface area (Å²) in [5.74, 6) is 0.225. The Bertz CT molecular complexity index is 569. The molecule has 4 heteroatoms. The van der Waals surface area contributed by atoms with Crippen molar-refractivity contribution in [1.82, 2.24) is 10.3 Å². The maximum atomic E-state index is 13.5. The number of nitrogens with one attached hydrogen (secondary N) is 1. The minimum Gasteiger partial charge on any atom is -0.383 e. The number of aryl methyl sites for hydroxylation is 1. The Kier molecular flexibility index (Phi) is 4.12. The summed E-state index contributed by atoms with van der Waals surface area (Å²) in [6.07, 6.45) is 1.65. The standard InChI is InChI=1S/C15H18FN3/c1-3-18-14(12-5-4-8-19-15(12)17)13-9-11(16)7-6-10(13)2/h4-9,14,18H,3H2,1-2H3,(H2,17,19). The summed E-state index contributed by atoms with van der Waals surface area (Å²) in [7, 11) is 0. The fourth-order valence-corrected chi connectivity index (χ4v) is 2.19. The third kappa shape index (κ3) is 2.90. The van der Waals surface area contributed by atoms with Crippen molar-refractivity contribution in [2.24, 2.45) is 0 Å². The summed E-state index contributed by atoms with van der Waals surface area (Å²) in [5, 5.41) is 3.34. The van der Waals surface area contributed by atoms with E-state index in [0.29, 0.717) is 5.82 Å². The van der Waals surface area contributed by atoms with Crippen molar-refractivity contribution in [3.63, 3.8) is 0 Å². The second kappa shape index (κ2) is 5.80. The van der Waals surface area contributed by atoms with Crippen LogP contribution in [0.25, 0.3) is 0 Å². The molecule has 1 unspecified atom stereocenters. The Labute approximate surface area is 112 Å². The number of pyridine rings is 1. The number of rotatable bonds is 4. The lowest BCUT2D eigenvalue weighted by molar-refractivity contribution is 0.600. The monoisotopic (exact) mass is 259 g/mol. The number of aromatic nitrogens is 1. The first kappa shape index (κ1) is 13.5. The van der Waals surface area contributed by atoms with Crippen molar-refractivity contribution in [2.75, 3.05) is 12.3 Å². The molecule has 0 aliphatic heterocycles. The highest BCUT2D eigenvalue weighted by Gasteiger charge is 2.18. The number of benzene rings is 1. The van der Waals surface area contributed by atoms with Crippen LogP contribution in [0.4, 0.5) is 10.2 Å². The number of halogens is 1. The van der Waals surface area contributed by atoms with Gasteiger partial charge in [-0.15, -0.1) is 0 Å². The number of nitrogen functional groups attached to an aromatic ring is 1. The van der Waals surface area contributed by atoms with E-state index in [4.69, 9.17) is 5.73 Å². The van der Waals surface area contributed by atoms with Gasteiger partial charge in [0.25, 0.3) is 0 Å². The van der Waals surface area contributed by atoms with Crippen molar-refractivity contribution in [1.29, 1.82) is 0 Å². The van der Waals surface area contributed by atoms with Gasteiger partial charge in [0.15, 0.2) is 0 Å². The van der Waals surface area contributed by atoms with Crippen LogP contribution < -0.4 is 11.1 Å². The number of nitrogens with two attached hydrogens (primary N) is 1. The number of hydrogen-bond donors (Lipinski definition) is 2. The third-order valence-corrected chi connectivity index (χ3v) is 3.14. The SMILES string of the molecule is CCNC(c1cc(F)ccc1C)c1cccnc1N. The minimum atomic E-state index is -0.244. The normalized spacial score (nSPS) is 12.4. The van der Waals surface area contributed by atoms with E-state index in [2.05, 4.69) is 10.3 Å². The van der Waals surface area contributed by atoms with Crippen molar-refractivity contribution in [2.45, 2.75) is 19.9 Å². The molecule has 1 aromatic carbocycles. The molecule has 0 fully saturated rings. The molecule has 3 nitrogen and oxygen atoms in total. The van der Waals surface area contributed by atoms with Gasteiger partial charge < -0.3 is 11.1 Å². The molecule has 0 spiro atoms. The largest absolute Gasteiger partial charge is 0.383 e. The quantitative estimate of drug-likeness (QED) is 0.887. The molecule has 1 heterocycles. The molecule has 0 saturated carbocycles. The van der Waals surface area contributed by atoms with Gasteiger partial charge in [-0.3, -0.25) is 0 Å². The molecule has 100 valence electrons. The van der Waals surface area contributed by atoms with Gasteiger partial charge in [-0.25, -0.2) is 9.37 Å². The first-order valence-corrected chi connectivity index (χ1v) is 6.33. The molecule has 0 aliphatic carbocycles. The molecule has 1 atom stereocenters. The molecule has 19 heavy (non-hydrogen) atoms. The fourth-order valence-electron chi connectivity index (χ4n) is 2.19. The minimum absolute atomic E-state index is 0.144. The Morgan fingerprint density at radius 2 is 2.11 bits per heavy atom. The predicted molar refractivity (Wildman–Crippen MR) is 75.3 cm³/mol. The van der Waals surface area contributed by atoms with Crippen LogP contribution in [0.1, 0.15) is 29.7 Å². The van der Waals surface area contributed by atoms with Gasteiger partial charge in [0, 0.05) is 11.8 Å². The predicted octanol–water partition coefficient (Wildman–Crippen LogP) is 2.81. The molecular weight excluding hydrogens is 241 g/mol. The van der Waals surface area contributed by atoms with Crippen molar-refractivity contribution in [3.8, 4) is 0 Å². The molecule has 0 aliphatic rings. The van der Waals surface area contributed by atoms with E-state index < -0.39 is 0 Å². The van der Waals surface area contributed by atoms with E-state index in [1.807, 2.05) is 26.0 Å². The number of hydrogen-bond acceptors (Lipinski definition) is 3. The highest BCUT2D eigenvalue weighted by molar-refractivity contribution is 5.47. The topological polar surface area (TPSA) is 50.9 Å². The van der Waals surface area contributed by atoms with Gasteiger partial charge in [-0.1, -0.05) is 19.1 Å². The number of nitrogens with zero attached hydrogens (tertiary/aromatic N) is 1. The summed E-state index contributed by atoms with van der Waals surface area (Å²) in [6.45, 7) is 4.73. The molecule has 3 N–H and O–H groups in total. The summed E-state index contributed by atoms with van der Waals surface area (Å²) >= 11 is 0. The van der Waals surface area contributed by atoms with Crippen LogP contribution in [0.2, 0.25) is 0 Å². The highest BCUT2D eigenvalue weighted by atomic mass is 19.1. The molecule has 0 amide bonds. The molecule has 0 bridgehead atoms. The summed E-state index contributed by atoms with van der Waals surface area (Å²) in [4.78, 5) is 4.10.